The number of halogens is 3. The second kappa shape index (κ2) is 9.23. The highest BCUT2D eigenvalue weighted by Gasteiger charge is 2.32. The SMILES string of the molecule is O=C(NCCc1ccccc1C(F)(F)F)c1cccc(OCc2cccnc2)c1. The summed E-state index contributed by atoms with van der Waals surface area (Å²) in [5.74, 6) is 0.144. The molecule has 7 heteroatoms. The molecule has 0 radical (unpaired) electrons. The predicted octanol–water partition coefficient (Wildman–Crippen LogP) is 4.65. The molecule has 150 valence electrons. The lowest BCUT2D eigenvalue weighted by Gasteiger charge is -2.13. The summed E-state index contributed by atoms with van der Waals surface area (Å²) in [6, 6.07) is 15.7. The van der Waals surface area contributed by atoms with E-state index in [4.69, 9.17) is 4.74 Å². The third kappa shape index (κ3) is 5.81. The normalized spacial score (nSPS) is 11.1. The van der Waals surface area contributed by atoms with Crippen LogP contribution in [-0.4, -0.2) is 17.4 Å². The Morgan fingerprint density at radius 2 is 1.86 bits per heavy atom. The van der Waals surface area contributed by atoms with Gasteiger partial charge in [0, 0.05) is 30.1 Å². The summed E-state index contributed by atoms with van der Waals surface area (Å²) in [7, 11) is 0. The van der Waals surface area contributed by atoms with Crippen LogP contribution in [-0.2, 0) is 19.2 Å². The molecule has 0 aliphatic heterocycles. The van der Waals surface area contributed by atoms with Crippen molar-refractivity contribution in [1.82, 2.24) is 10.3 Å². The van der Waals surface area contributed by atoms with Gasteiger partial charge in [-0.3, -0.25) is 9.78 Å². The molecule has 29 heavy (non-hydrogen) atoms. The Labute approximate surface area is 166 Å². The molecule has 0 spiro atoms. The summed E-state index contributed by atoms with van der Waals surface area (Å²) in [6.45, 7) is 0.403. The van der Waals surface area contributed by atoms with Gasteiger partial charge in [0.1, 0.15) is 12.4 Å². The number of ether oxygens (including phenoxy) is 1. The van der Waals surface area contributed by atoms with Gasteiger partial charge in [0.15, 0.2) is 0 Å². The minimum absolute atomic E-state index is 0.0820. The third-order valence-electron chi connectivity index (χ3n) is 4.23. The largest absolute Gasteiger partial charge is 0.489 e. The van der Waals surface area contributed by atoms with Gasteiger partial charge in [0.2, 0.25) is 0 Å². The van der Waals surface area contributed by atoms with Crippen molar-refractivity contribution < 1.29 is 22.7 Å². The fraction of sp³-hybridized carbons (Fsp3) is 0.182. The van der Waals surface area contributed by atoms with Gasteiger partial charge in [-0.1, -0.05) is 30.3 Å². The first kappa shape index (κ1) is 20.4. The van der Waals surface area contributed by atoms with Crippen LogP contribution in [0.3, 0.4) is 0 Å². The van der Waals surface area contributed by atoms with Crippen LogP contribution in [0.25, 0.3) is 0 Å². The van der Waals surface area contributed by atoms with Crippen molar-refractivity contribution >= 4 is 5.91 Å². The van der Waals surface area contributed by atoms with Crippen molar-refractivity contribution in [3.8, 4) is 5.75 Å². The summed E-state index contributed by atoms with van der Waals surface area (Å²) >= 11 is 0. The van der Waals surface area contributed by atoms with Crippen LogP contribution in [0.2, 0.25) is 0 Å². The lowest BCUT2D eigenvalue weighted by atomic mass is 10.0. The number of aromatic nitrogens is 1. The number of pyridine rings is 1. The molecular formula is C22H19F3N2O2. The Kier molecular flexibility index (Phi) is 6.49. The van der Waals surface area contributed by atoms with Gasteiger partial charge < -0.3 is 10.1 Å². The van der Waals surface area contributed by atoms with E-state index in [2.05, 4.69) is 10.3 Å². The second-order valence-electron chi connectivity index (χ2n) is 6.34. The van der Waals surface area contributed by atoms with Crippen LogP contribution in [0.4, 0.5) is 13.2 Å². The molecule has 3 rings (SSSR count). The van der Waals surface area contributed by atoms with E-state index < -0.39 is 11.7 Å². The quantitative estimate of drug-likeness (QED) is 0.628. The number of nitrogens with zero attached hydrogens (tertiary/aromatic N) is 1. The smallest absolute Gasteiger partial charge is 0.416 e. The average molecular weight is 400 g/mol. The van der Waals surface area contributed by atoms with Crippen molar-refractivity contribution in [2.75, 3.05) is 6.54 Å². The predicted molar refractivity (Wildman–Crippen MR) is 102 cm³/mol. The Morgan fingerprint density at radius 1 is 1.03 bits per heavy atom. The highest BCUT2D eigenvalue weighted by atomic mass is 19.4. The van der Waals surface area contributed by atoms with Crippen molar-refractivity contribution in [3.05, 3.63) is 95.3 Å². The van der Waals surface area contributed by atoms with Crippen LogP contribution >= 0.6 is 0 Å². The number of rotatable bonds is 7. The maximum absolute atomic E-state index is 13.0. The maximum Gasteiger partial charge on any atom is 0.416 e. The monoisotopic (exact) mass is 400 g/mol. The average Bonchev–Trinajstić information content (AvgIpc) is 2.73. The first-order chi connectivity index (χ1) is 13.9. The number of alkyl halides is 3. The molecule has 0 fully saturated rings. The number of carbonyl (C=O) groups excluding carboxylic acids is 1. The van der Waals surface area contributed by atoms with Gasteiger partial charge >= 0.3 is 6.18 Å². The zero-order chi connectivity index (χ0) is 20.7. The van der Waals surface area contributed by atoms with Crippen molar-refractivity contribution in [2.45, 2.75) is 19.2 Å². The molecule has 0 aliphatic rings. The summed E-state index contributed by atoms with van der Waals surface area (Å²) in [6.07, 6.45) is -0.976. The van der Waals surface area contributed by atoms with Crippen molar-refractivity contribution in [2.24, 2.45) is 0 Å². The van der Waals surface area contributed by atoms with Crippen molar-refractivity contribution in [1.29, 1.82) is 0 Å². The number of hydrogen-bond acceptors (Lipinski definition) is 3. The minimum Gasteiger partial charge on any atom is -0.489 e. The van der Waals surface area contributed by atoms with Crippen molar-refractivity contribution in [3.63, 3.8) is 0 Å². The van der Waals surface area contributed by atoms with Gasteiger partial charge in [-0.25, -0.2) is 0 Å². The van der Waals surface area contributed by atoms with E-state index in [-0.39, 0.29) is 24.4 Å². The first-order valence-electron chi connectivity index (χ1n) is 8.98. The molecule has 1 aromatic heterocycles. The van der Waals surface area contributed by atoms with Gasteiger partial charge in [-0.05, 0) is 42.3 Å². The minimum atomic E-state index is -4.42. The van der Waals surface area contributed by atoms with Gasteiger partial charge in [0.05, 0.1) is 5.56 Å². The molecule has 0 bridgehead atoms. The van der Waals surface area contributed by atoms with E-state index in [0.717, 1.165) is 11.6 Å². The fourth-order valence-electron chi connectivity index (χ4n) is 2.80. The molecule has 3 aromatic rings. The summed E-state index contributed by atoms with van der Waals surface area (Å²) in [5, 5.41) is 2.66. The summed E-state index contributed by atoms with van der Waals surface area (Å²) in [5.41, 5.74) is 0.734. The molecule has 0 saturated heterocycles. The Bertz CT molecular complexity index is 960. The molecule has 1 heterocycles. The molecular weight excluding hydrogens is 381 g/mol. The molecule has 2 aromatic carbocycles. The van der Waals surface area contributed by atoms with E-state index in [1.165, 1.54) is 12.1 Å². The molecule has 4 nitrogen and oxygen atoms in total. The number of hydrogen-bond donors (Lipinski definition) is 1. The first-order valence-corrected chi connectivity index (χ1v) is 8.98. The molecule has 1 N–H and O–H groups in total. The van der Waals surface area contributed by atoms with Gasteiger partial charge in [0.25, 0.3) is 5.91 Å². The number of nitrogens with one attached hydrogen (secondary N) is 1. The van der Waals surface area contributed by atoms with Crippen LogP contribution in [0.5, 0.6) is 5.75 Å². The second-order valence-corrected chi connectivity index (χ2v) is 6.34. The topological polar surface area (TPSA) is 51.2 Å². The van der Waals surface area contributed by atoms with E-state index in [0.29, 0.717) is 17.9 Å². The van der Waals surface area contributed by atoms with Gasteiger partial charge in [-0.2, -0.15) is 13.2 Å². The summed E-state index contributed by atoms with van der Waals surface area (Å²) < 4.78 is 44.8. The third-order valence-corrected chi connectivity index (χ3v) is 4.23. The van der Waals surface area contributed by atoms with Crippen LogP contribution in [0, 0.1) is 0 Å². The Balaban J connectivity index is 1.56. The van der Waals surface area contributed by atoms with E-state index in [9.17, 15) is 18.0 Å². The fourth-order valence-corrected chi connectivity index (χ4v) is 2.80. The highest BCUT2D eigenvalue weighted by Crippen LogP contribution is 2.31. The van der Waals surface area contributed by atoms with Crippen LogP contribution in [0.15, 0.2) is 73.1 Å². The van der Waals surface area contributed by atoms with E-state index in [1.54, 1.807) is 48.8 Å². The summed E-state index contributed by atoms with van der Waals surface area (Å²) in [4.78, 5) is 16.4. The Morgan fingerprint density at radius 3 is 2.62 bits per heavy atom. The van der Waals surface area contributed by atoms with E-state index in [1.807, 2.05) is 6.07 Å². The molecule has 0 saturated carbocycles. The zero-order valence-corrected chi connectivity index (χ0v) is 15.4. The standard InChI is InChI=1S/C22H19F3N2O2/c23-22(24,25)20-9-2-1-6-17(20)10-12-27-21(28)18-7-3-8-19(13-18)29-15-16-5-4-11-26-14-16/h1-9,11,13-14H,10,12,15H2,(H,27,28). The van der Waals surface area contributed by atoms with Crippen LogP contribution < -0.4 is 10.1 Å². The number of benzene rings is 2. The molecule has 1 amide bonds. The lowest BCUT2D eigenvalue weighted by molar-refractivity contribution is -0.138. The maximum atomic E-state index is 13.0. The molecule has 0 unspecified atom stereocenters. The van der Waals surface area contributed by atoms with Crippen LogP contribution in [0.1, 0.15) is 27.0 Å². The van der Waals surface area contributed by atoms with Gasteiger partial charge in [-0.15, -0.1) is 0 Å². The van der Waals surface area contributed by atoms with E-state index >= 15 is 0 Å². The molecule has 0 atom stereocenters. The Hall–Kier alpha value is -3.35. The number of carbonyl (C=O) groups is 1. The number of amides is 1. The lowest BCUT2D eigenvalue weighted by Crippen LogP contribution is -2.26. The zero-order valence-electron chi connectivity index (χ0n) is 15.4. The molecule has 0 aliphatic carbocycles. The highest BCUT2D eigenvalue weighted by molar-refractivity contribution is 5.94.